The molecular formula is C12H17BrN2O3. The van der Waals surface area contributed by atoms with Crippen molar-refractivity contribution in [3.8, 4) is 5.75 Å². The highest BCUT2D eigenvalue weighted by Crippen LogP contribution is 2.24. The first kappa shape index (κ1) is 14.8. The van der Waals surface area contributed by atoms with Gasteiger partial charge in [0.2, 0.25) is 0 Å². The molecule has 0 aromatic heterocycles. The van der Waals surface area contributed by atoms with Crippen LogP contribution in [0, 0.1) is 0 Å². The maximum absolute atomic E-state index is 11.5. The van der Waals surface area contributed by atoms with Crippen molar-refractivity contribution in [2.75, 3.05) is 26.1 Å². The van der Waals surface area contributed by atoms with Crippen molar-refractivity contribution >= 4 is 27.5 Å². The summed E-state index contributed by atoms with van der Waals surface area (Å²) in [6.07, 6.45) is 0. The van der Waals surface area contributed by atoms with Crippen LogP contribution in [0.4, 0.5) is 5.69 Å². The summed E-state index contributed by atoms with van der Waals surface area (Å²) in [5.74, 6) is 0.287. The largest absolute Gasteiger partial charge is 0.482 e. The number of nitrogens with two attached hydrogens (primary N) is 1. The molecule has 0 aliphatic heterocycles. The van der Waals surface area contributed by atoms with Gasteiger partial charge in [-0.05, 0) is 25.1 Å². The molecule has 0 bridgehead atoms. The Morgan fingerprint density at radius 1 is 1.56 bits per heavy atom. The van der Waals surface area contributed by atoms with Gasteiger partial charge >= 0.3 is 0 Å². The van der Waals surface area contributed by atoms with Gasteiger partial charge in [-0.3, -0.25) is 4.79 Å². The summed E-state index contributed by atoms with van der Waals surface area (Å²) in [4.78, 5) is 11.5. The van der Waals surface area contributed by atoms with E-state index in [4.69, 9.17) is 15.2 Å². The normalized spacial score (nSPS) is 11.9. The van der Waals surface area contributed by atoms with Crippen LogP contribution in [0.25, 0.3) is 0 Å². The second kappa shape index (κ2) is 7.23. The van der Waals surface area contributed by atoms with Crippen LogP contribution < -0.4 is 15.8 Å². The summed E-state index contributed by atoms with van der Waals surface area (Å²) in [6.45, 7) is 2.25. The van der Waals surface area contributed by atoms with Crippen LogP contribution in [0.5, 0.6) is 5.75 Å². The van der Waals surface area contributed by atoms with Gasteiger partial charge in [-0.1, -0.05) is 15.9 Å². The molecule has 1 atom stereocenters. The van der Waals surface area contributed by atoms with Crippen LogP contribution in [-0.4, -0.2) is 32.3 Å². The fraction of sp³-hybridized carbons (Fsp3) is 0.417. The molecule has 1 rings (SSSR count). The number of carbonyl (C=O) groups is 1. The Bertz CT molecular complexity index is 412. The van der Waals surface area contributed by atoms with Crippen LogP contribution in [0.2, 0.25) is 0 Å². The average Bonchev–Trinajstić information content (AvgIpc) is 2.28. The van der Waals surface area contributed by atoms with Crippen LogP contribution in [0.1, 0.15) is 6.92 Å². The predicted molar refractivity (Wildman–Crippen MR) is 73.5 cm³/mol. The smallest absolute Gasteiger partial charge is 0.258 e. The fourth-order valence-corrected chi connectivity index (χ4v) is 1.78. The van der Waals surface area contributed by atoms with E-state index in [2.05, 4.69) is 21.2 Å². The number of halogens is 1. The van der Waals surface area contributed by atoms with Crippen LogP contribution >= 0.6 is 15.9 Å². The molecule has 0 radical (unpaired) electrons. The summed E-state index contributed by atoms with van der Waals surface area (Å²) < 4.78 is 11.1. The van der Waals surface area contributed by atoms with E-state index < -0.39 is 0 Å². The van der Waals surface area contributed by atoms with Gasteiger partial charge in [-0.25, -0.2) is 0 Å². The van der Waals surface area contributed by atoms with Gasteiger partial charge in [0, 0.05) is 17.6 Å². The molecule has 1 amide bonds. The lowest BCUT2D eigenvalue weighted by atomic mass is 10.3. The molecule has 1 aromatic carbocycles. The Morgan fingerprint density at radius 3 is 2.89 bits per heavy atom. The molecule has 1 unspecified atom stereocenters. The molecule has 6 heteroatoms. The number of anilines is 1. The van der Waals surface area contributed by atoms with E-state index >= 15 is 0 Å². The van der Waals surface area contributed by atoms with Crippen LogP contribution in [0.15, 0.2) is 22.7 Å². The third-order valence-corrected chi connectivity index (χ3v) is 2.65. The fourth-order valence-electron chi connectivity index (χ4n) is 1.40. The Balaban J connectivity index is 2.42. The number of methoxy groups -OCH3 is 1. The van der Waals surface area contributed by atoms with Crippen molar-refractivity contribution in [3.05, 3.63) is 22.7 Å². The van der Waals surface area contributed by atoms with Crippen LogP contribution in [-0.2, 0) is 9.53 Å². The maximum Gasteiger partial charge on any atom is 0.258 e. The molecule has 18 heavy (non-hydrogen) atoms. The molecule has 0 aliphatic carbocycles. The molecular weight excluding hydrogens is 300 g/mol. The van der Waals surface area contributed by atoms with E-state index in [0.29, 0.717) is 18.0 Å². The van der Waals surface area contributed by atoms with Crippen molar-refractivity contribution in [1.82, 2.24) is 5.32 Å². The van der Waals surface area contributed by atoms with Gasteiger partial charge < -0.3 is 20.5 Å². The first-order chi connectivity index (χ1) is 8.52. The molecule has 0 fully saturated rings. The monoisotopic (exact) mass is 316 g/mol. The number of benzene rings is 1. The van der Waals surface area contributed by atoms with Gasteiger partial charge in [0.05, 0.1) is 12.3 Å². The molecule has 0 heterocycles. The summed E-state index contributed by atoms with van der Waals surface area (Å²) in [7, 11) is 1.59. The minimum atomic E-state index is -0.207. The average molecular weight is 317 g/mol. The van der Waals surface area contributed by atoms with Crippen molar-refractivity contribution in [3.63, 3.8) is 0 Å². The quantitative estimate of drug-likeness (QED) is 0.781. The Morgan fingerprint density at radius 2 is 2.28 bits per heavy atom. The third-order valence-electron chi connectivity index (χ3n) is 2.15. The van der Waals surface area contributed by atoms with Crippen LogP contribution in [0.3, 0.4) is 0 Å². The van der Waals surface area contributed by atoms with Crippen molar-refractivity contribution in [2.24, 2.45) is 0 Å². The first-order valence-corrected chi connectivity index (χ1v) is 6.28. The highest BCUT2D eigenvalue weighted by molar-refractivity contribution is 9.10. The summed E-state index contributed by atoms with van der Waals surface area (Å²) in [5.41, 5.74) is 6.24. The molecule has 3 N–H and O–H groups in total. The van der Waals surface area contributed by atoms with Gasteiger partial charge in [0.1, 0.15) is 5.75 Å². The lowest BCUT2D eigenvalue weighted by Gasteiger charge is -2.13. The van der Waals surface area contributed by atoms with Crippen molar-refractivity contribution in [2.45, 2.75) is 13.0 Å². The Kier molecular flexibility index (Phi) is 5.94. The minimum Gasteiger partial charge on any atom is -0.482 e. The summed E-state index contributed by atoms with van der Waals surface area (Å²) in [5, 5.41) is 2.74. The highest BCUT2D eigenvalue weighted by atomic mass is 79.9. The van der Waals surface area contributed by atoms with Gasteiger partial charge in [-0.15, -0.1) is 0 Å². The number of carbonyl (C=O) groups excluding carboxylic acids is 1. The Labute approximate surface area is 115 Å². The zero-order chi connectivity index (χ0) is 13.5. The standard InChI is InChI=1S/C12H17BrN2O3/c1-8(6-17-2)15-12(16)7-18-11-4-3-9(13)5-10(11)14/h3-5,8H,6-7,14H2,1-2H3,(H,15,16). The van der Waals surface area contributed by atoms with Crippen molar-refractivity contribution in [1.29, 1.82) is 0 Å². The summed E-state index contributed by atoms with van der Waals surface area (Å²) in [6, 6.07) is 5.19. The SMILES string of the molecule is COCC(C)NC(=O)COc1ccc(Br)cc1N. The highest BCUT2D eigenvalue weighted by Gasteiger charge is 2.08. The van der Waals surface area contributed by atoms with E-state index in [0.717, 1.165) is 4.47 Å². The zero-order valence-corrected chi connectivity index (χ0v) is 12.0. The van der Waals surface area contributed by atoms with Gasteiger partial charge in [-0.2, -0.15) is 0 Å². The lowest BCUT2D eigenvalue weighted by molar-refractivity contribution is -0.124. The number of hydrogen-bond acceptors (Lipinski definition) is 4. The van der Waals surface area contributed by atoms with E-state index in [9.17, 15) is 4.79 Å². The molecule has 5 nitrogen and oxygen atoms in total. The second-order valence-corrected chi connectivity index (χ2v) is 4.81. The lowest BCUT2D eigenvalue weighted by Crippen LogP contribution is -2.38. The molecule has 1 aromatic rings. The molecule has 0 aliphatic rings. The number of nitrogen functional groups attached to an aromatic ring is 1. The molecule has 100 valence electrons. The molecule has 0 saturated carbocycles. The number of amides is 1. The van der Waals surface area contributed by atoms with Gasteiger partial charge in [0.25, 0.3) is 5.91 Å². The molecule has 0 spiro atoms. The van der Waals surface area contributed by atoms with E-state index in [1.54, 1.807) is 25.3 Å². The first-order valence-electron chi connectivity index (χ1n) is 5.49. The number of nitrogens with one attached hydrogen (secondary N) is 1. The number of hydrogen-bond donors (Lipinski definition) is 2. The second-order valence-electron chi connectivity index (χ2n) is 3.89. The van der Waals surface area contributed by atoms with Crippen molar-refractivity contribution < 1.29 is 14.3 Å². The third kappa shape index (κ3) is 4.93. The maximum atomic E-state index is 11.5. The Hall–Kier alpha value is -1.27. The van der Waals surface area contributed by atoms with E-state index in [-0.39, 0.29) is 18.6 Å². The molecule has 0 saturated heterocycles. The number of rotatable bonds is 6. The minimum absolute atomic E-state index is 0.0478. The summed E-state index contributed by atoms with van der Waals surface area (Å²) >= 11 is 3.30. The zero-order valence-electron chi connectivity index (χ0n) is 10.4. The topological polar surface area (TPSA) is 73.6 Å². The number of ether oxygens (including phenoxy) is 2. The van der Waals surface area contributed by atoms with Gasteiger partial charge in [0.15, 0.2) is 6.61 Å². The predicted octanol–water partition coefficient (Wildman–Crippen LogP) is 1.56. The van der Waals surface area contributed by atoms with E-state index in [1.807, 2.05) is 6.92 Å². The van der Waals surface area contributed by atoms with E-state index in [1.165, 1.54) is 0 Å².